The van der Waals surface area contributed by atoms with Crippen molar-refractivity contribution in [2.45, 2.75) is 6.92 Å². The van der Waals surface area contributed by atoms with Crippen LogP contribution < -0.4 is 14.2 Å². The van der Waals surface area contributed by atoms with Crippen LogP contribution in [0.3, 0.4) is 0 Å². The molecule has 0 saturated heterocycles. The smallest absolute Gasteiger partial charge is 0.343 e. The highest BCUT2D eigenvalue weighted by atomic mass is 79.9. The molecule has 0 radical (unpaired) electrons. The number of hydrogen-bond donors (Lipinski definition) is 0. The Labute approximate surface area is 160 Å². The first-order chi connectivity index (χ1) is 12.6. The van der Waals surface area contributed by atoms with E-state index in [1.807, 2.05) is 0 Å². The van der Waals surface area contributed by atoms with Crippen molar-refractivity contribution in [2.75, 3.05) is 26.9 Å². The normalized spacial score (nSPS) is 10.3. The first kappa shape index (κ1) is 19.9. The van der Waals surface area contributed by atoms with E-state index in [0.29, 0.717) is 53.2 Å². The second kappa shape index (κ2) is 9.94. The molecule has 0 aliphatic carbocycles. The van der Waals surface area contributed by atoms with Crippen molar-refractivity contribution in [3.63, 3.8) is 0 Å². The van der Waals surface area contributed by atoms with Crippen LogP contribution in [0.2, 0.25) is 0 Å². The second-order valence-electron chi connectivity index (χ2n) is 5.13. The van der Waals surface area contributed by atoms with E-state index in [4.69, 9.17) is 18.9 Å². The molecule has 0 spiro atoms. The minimum absolute atomic E-state index is 0.249. The lowest BCUT2D eigenvalue weighted by molar-refractivity contribution is 0.0728. The predicted octanol–water partition coefficient (Wildman–Crippen LogP) is 3.90. The number of benzene rings is 2. The summed E-state index contributed by atoms with van der Waals surface area (Å²) in [7, 11) is 1.59. The maximum absolute atomic E-state index is 12.4. The molecule has 0 heterocycles. The fourth-order valence-electron chi connectivity index (χ4n) is 2.09. The third kappa shape index (κ3) is 5.31. The van der Waals surface area contributed by atoms with Gasteiger partial charge in [-0.25, -0.2) is 4.79 Å². The summed E-state index contributed by atoms with van der Waals surface area (Å²) in [6.45, 7) is 3.05. The minimum Gasteiger partial charge on any atom is -0.490 e. The maximum Gasteiger partial charge on any atom is 0.343 e. The molecule has 0 saturated carbocycles. The third-order valence-corrected chi connectivity index (χ3v) is 3.94. The van der Waals surface area contributed by atoms with Gasteiger partial charge in [0.2, 0.25) is 0 Å². The standard InChI is InChI=1S/C19H19BrO6/c1-3-24-18-10-13(12-21)4-6-17(18)26-19(22)14-5-7-16(15(20)11-14)25-9-8-23-2/h4-7,10-12H,3,8-9H2,1-2H3. The lowest BCUT2D eigenvalue weighted by Crippen LogP contribution is -2.10. The van der Waals surface area contributed by atoms with Crippen LogP contribution in [0.1, 0.15) is 27.6 Å². The second-order valence-corrected chi connectivity index (χ2v) is 5.99. The Hall–Kier alpha value is -2.38. The Morgan fingerprint density at radius 3 is 2.46 bits per heavy atom. The summed E-state index contributed by atoms with van der Waals surface area (Å²) in [5.41, 5.74) is 0.784. The summed E-state index contributed by atoms with van der Waals surface area (Å²) in [6, 6.07) is 9.52. The summed E-state index contributed by atoms with van der Waals surface area (Å²) < 4.78 is 21.9. The van der Waals surface area contributed by atoms with E-state index in [0.717, 1.165) is 0 Å². The van der Waals surface area contributed by atoms with Crippen molar-refractivity contribution in [2.24, 2.45) is 0 Å². The van der Waals surface area contributed by atoms with Gasteiger partial charge in [0.25, 0.3) is 0 Å². The van der Waals surface area contributed by atoms with E-state index in [9.17, 15) is 9.59 Å². The molecule has 138 valence electrons. The van der Waals surface area contributed by atoms with Crippen molar-refractivity contribution in [3.8, 4) is 17.2 Å². The van der Waals surface area contributed by atoms with E-state index in [-0.39, 0.29) is 5.75 Å². The summed E-state index contributed by atoms with van der Waals surface area (Å²) in [6.07, 6.45) is 0.702. The minimum atomic E-state index is -0.547. The van der Waals surface area contributed by atoms with Gasteiger partial charge in [0.1, 0.15) is 18.6 Å². The van der Waals surface area contributed by atoms with Crippen LogP contribution in [-0.4, -0.2) is 39.2 Å². The average molecular weight is 423 g/mol. The first-order valence-corrected chi connectivity index (χ1v) is 8.73. The highest BCUT2D eigenvalue weighted by Gasteiger charge is 2.15. The molecule has 2 aromatic rings. The molecule has 0 aliphatic rings. The van der Waals surface area contributed by atoms with Crippen molar-refractivity contribution < 1.29 is 28.5 Å². The highest BCUT2D eigenvalue weighted by Crippen LogP contribution is 2.30. The van der Waals surface area contributed by atoms with E-state index in [2.05, 4.69) is 15.9 Å². The van der Waals surface area contributed by atoms with E-state index < -0.39 is 5.97 Å². The molecule has 0 aliphatic heterocycles. The first-order valence-electron chi connectivity index (χ1n) is 7.94. The Morgan fingerprint density at radius 1 is 1.04 bits per heavy atom. The van der Waals surface area contributed by atoms with Gasteiger partial charge >= 0.3 is 5.97 Å². The monoisotopic (exact) mass is 422 g/mol. The quantitative estimate of drug-likeness (QED) is 0.264. The summed E-state index contributed by atoms with van der Waals surface area (Å²) in [5.74, 6) is 0.640. The van der Waals surface area contributed by atoms with Gasteiger partial charge in [-0.3, -0.25) is 4.79 Å². The Bertz CT molecular complexity index is 775. The molecule has 0 unspecified atom stereocenters. The van der Waals surface area contributed by atoms with Gasteiger partial charge < -0.3 is 18.9 Å². The van der Waals surface area contributed by atoms with Crippen molar-refractivity contribution >= 4 is 28.2 Å². The van der Waals surface area contributed by atoms with Crippen LogP contribution >= 0.6 is 15.9 Å². The molecular formula is C19H19BrO6. The SMILES string of the molecule is CCOc1cc(C=O)ccc1OC(=O)c1ccc(OCCOC)c(Br)c1. The van der Waals surface area contributed by atoms with E-state index in [1.54, 1.807) is 38.3 Å². The molecule has 0 fully saturated rings. The molecule has 0 aromatic heterocycles. The van der Waals surface area contributed by atoms with E-state index >= 15 is 0 Å². The highest BCUT2D eigenvalue weighted by molar-refractivity contribution is 9.10. The number of hydrogen-bond acceptors (Lipinski definition) is 6. The summed E-state index contributed by atoms with van der Waals surface area (Å²) in [4.78, 5) is 23.3. The van der Waals surface area contributed by atoms with Gasteiger partial charge in [0, 0.05) is 12.7 Å². The molecule has 26 heavy (non-hydrogen) atoms. The third-order valence-electron chi connectivity index (χ3n) is 3.32. The van der Waals surface area contributed by atoms with Crippen LogP contribution in [0.25, 0.3) is 0 Å². The van der Waals surface area contributed by atoms with Crippen LogP contribution in [0.4, 0.5) is 0 Å². The van der Waals surface area contributed by atoms with Gasteiger partial charge in [-0.1, -0.05) is 0 Å². The van der Waals surface area contributed by atoms with E-state index in [1.165, 1.54) is 12.1 Å². The molecule has 0 N–H and O–H groups in total. The van der Waals surface area contributed by atoms with Gasteiger partial charge in [0.05, 0.1) is 23.2 Å². The average Bonchev–Trinajstić information content (AvgIpc) is 2.64. The molecular weight excluding hydrogens is 404 g/mol. The van der Waals surface area contributed by atoms with Gasteiger partial charge in [-0.2, -0.15) is 0 Å². The lowest BCUT2D eigenvalue weighted by Gasteiger charge is -2.12. The molecule has 0 amide bonds. The molecule has 0 bridgehead atoms. The van der Waals surface area contributed by atoms with Crippen LogP contribution in [0.5, 0.6) is 17.2 Å². The van der Waals surface area contributed by atoms with Crippen LogP contribution in [-0.2, 0) is 4.74 Å². The fourth-order valence-corrected chi connectivity index (χ4v) is 2.58. The topological polar surface area (TPSA) is 71.1 Å². The number of carbonyl (C=O) groups excluding carboxylic acids is 2. The van der Waals surface area contributed by atoms with Gasteiger partial charge in [-0.05, 0) is 59.3 Å². The molecule has 2 rings (SSSR count). The maximum atomic E-state index is 12.4. The number of ether oxygens (including phenoxy) is 4. The van der Waals surface area contributed by atoms with Crippen molar-refractivity contribution in [3.05, 3.63) is 52.0 Å². The van der Waals surface area contributed by atoms with Crippen LogP contribution in [0.15, 0.2) is 40.9 Å². The van der Waals surface area contributed by atoms with Crippen LogP contribution in [0, 0.1) is 0 Å². The lowest BCUT2D eigenvalue weighted by atomic mass is 10.2. The number of rotatable bonds is 9. The van der Waals surface area contributed by atoms with Gasteiger partial charge in [-0.15, -0.1) is 0 Å². The Kier molecular flexibility index (Phi) is 7.62. The molecule has 6 nitrogen and oxygen atoms in total. The van der Waals surface area contributed by atoms with Crippen molar-refractivity contribution in [1.29, 1.82) is 0 Å². The largest absolute Gasteiger partial charge is 0.490 e. The number of esters is 1. The molecule has 2 aromatic carbocycles. The van der Waals surface area contributed by atoms with Crippen molar-refractivity contribution in [1.82, 2.24) is 0 Å². The summed E-state index contributed by atoms with van der Waals surface area (Å²) >= 11 is 3.37. The number of methoxy groups -OCH3 is 1. The summed E-state index contributed by atoms with van der Waals surface area (Å²) in [5, 5.41) is 0. The zero-order valence-corrected chi connectivity index (χ0v) is 16.1. The zero-order valence-electron chi connectivity index (χ0n) is 14.5. The Morgan fingerprint density at radius 2 is 1.81 bits per heavy atom. The number of aldehydes is 1. The van der Waals surface area contributed by atoms with Gasteiger partial charge in [0.15, 0.2) is 11.5 Å². The number of halogens is 1. The predicted molar refractivity (Wildman–Crippen MR) is 99.5 cm³/mol. The number of carbonyl (C=O) groups is 2. The molecule has 0 atom stereocenters. The fraction of sp³-hybridized carbons (Fsp3) is 0.263. The zero-order chi connectivity index (χ0) is 18.9. The molecule has 7 heteroatoms. The Balaban J connectivity index is 2.14.